The number of amidine groups is 1. The molecule has 2 atom stereocenters. The molecule has 116 valence electrons. The third kappa shape index (κ3) is 2.08. The molecule has 0 saturated heterocycles. The Morgan fingerprint density at radius 1 is 1.13 bits per heavy atom. The molecule has 0 N–H and O–H groups in total. The standard InChI is InChI=1S/C19H18N2OS/c1-19-10-16(15-8-4-5-9-17(15)22-19)21-11-13-6-2-3-7-14(13)12-23-18(21)20-19/h2-9,16H,10-12H2,1H3/t16-,19?/m0/s1. The number of para-hydroxylation sites is 1. The van der Waals surface area contributed by atoms with Crippen LogP contribution >= 0.6 is 11.8 Å². The van der Waals surface area contributed by atoms with E-state index in [9.17, 15) is 0 Å². The van der Waals surface area contributed by atoms with Crippen molar-refractivity contribution in [1.82, 2.24) is 4.90 Å². The minimum absolute atomic E-state index is 0.344. The molecule has 0 fully saturated rings. The quantitative estimate of drug-likeness (QED) is 0.721. The van der Waals surface area contributed by atoms with Gasteiger partial charge in [0, 0.05) is 24.3 Å². The van der Waals surface area contributed by atoms with E-state index in [1.165, 1.54) is 16.7 Å². The van der Waals surface area contributed by atoms with Gasteiger partial charge in [-0.3, -0.25) is 0 Å². The van der Waals surface area contributed by atoms with Gasteiger partial charge in [0.2, 0.25) is 5.72 Å². The summed E-state index contributed by atoms with van der Waals surface area (Å²) in [5, 5.41) is 1.12. The molecule has 23 heavy (non-hydrogen) atoms. The molecule has 2 aromatic carbocycles. The van der Waals surface area contributed by atoms with Gasteiger partial charge < -0.3 is 9.64 Å². The van der Waals surface area contributed by atoms with Crippen molar-refractivity contribution >= 4 is 16.9 Å². The number of hydrogen-bond donors (Lipinski definition) is 0. The summed E-state index contributed by atoms with van der Waals surface area (Å²) < 4.78 is 6.23. The second kappa shape index (κ2) is 4.78. The van der Waals surface area contributed by atoms with Crippen LogP contribution in [0.4, 0.5) is 0 Å². The predicted molar refractivity (Wildman–Crippen MR) is 93.5 cm³/mol. The van der Waals surface area contributed by atoms with Crippen molar-refractivity contribution in [3.05, 3.63) is 65.2 Å². The van der Waals surface area contributed by atoms with E-state index in [1.807, 2.05) is 17.8 Å². The van der Waals surface area contributed by atoms with Crippen molar-refractivity contribution in [2.45, 2.75) is 37.4 Å². The van der Waals surface area contributed by atoms with Gasteiger partial charge in [0.1, 0.15) is 5.75 Å². The zero-order chi connectivity index (χ0) is 15.4. The van der Waals surface area contributed by atoms with Crippen molar-refractivity contribution < 1.29 is 4.74 Å². The van der Waals surface area contributed by atoms with Crippen molar-refractivity contribution in [3.63, 3.8) is 0 Å². The number of thioether (sulfide) groups is 1. The van der Waals surface area contributed by atoms with Crippen molar-refractivity contribution in [3.8, 4) is 5.75 Å². The molecule has 3 heterocycles. The van der Waals surface area contributed by atoms with Crippen LogP contribution in [0.2, 0.25) is 0 Å². The summed E-state index contributed by atoms with van der Waals surface area (Å²) in [7, 11) is 0. The van der Waals surface area contributed by atoms with Crippen LogP contribution in [0.5, 0.6) is 5.75 Å². The fourth-order valence-corrected chi connectivity index (χ4v) is 5.00. The average Bonchev–Trinajstić information content (AvgIpc) is 2.74. The highest BCUT2D eigenvalue weighted by atomic mass is 32.2. The molecule has 2 bridgehead atoms. The fourth-order valence-electron chi connectivity index (χ4n) is 3.81. The van der Waals surface area contributed by atoms with E-state index in [0.717, 1.165) is 29.6 Å². The van der Waals surface area contributed by atoms with Crippen molar-refractivity contribution in [2.24, 2.45) is 4.99 Å². The lowest BCUT2D eigenvalue weighted by atomic mass is 9.91. The van der Waals surface area contributed by atoms with Crippen molar-refractivity contribution in [1.29, 1.82) is 0 Å². The Hall–Kier alpha value is -1.94. The van der Waals surface area contributed by atoms with Crippen LogP contribution < -0.4 is 4.74 Å². The van der Waals surface area contributed by atoms with Gasteiger partial charge in [0.05, 0.1) is 6.04 Å². The van der Waals surface area contributed by atoms with Gasteiger partial charge in [-0.15, -0.1) is 0 Å². The van der Waals surface area contributed by atoms with Crippen LogP contribution in [-0.4, -0.2) is 15.8 Å². The van der Waals surface area contributed by atoms with Crippen LogP contribution in [-0.2, 0) is 12.3 Å². The molecular weight excluding hydrogens is 304 g/mol. The molecule has 4 heteroatoms. The monoisotopic (exact) mass is 322 g/mol. The van der Waals surface area contributed by atoms with E-state index in [0.29, 0.717) is 6.04 Å². The minimum atomic E-state index is -0.436. The van der Waals surface area contributed by atoms with Crippen molar-refractivity contribution in [2.75, 3.05) is 0 Å². The Kier molecular flexibility index (Phi) is 2.80. The molecule has 3 nitrogen and oxygen atoms in total. The van der Waals surface area contributed by atoms with E-state index in [1.54, 1.807) is 0 Å². The lowest BCUT2D eigenvalue weighted by molar-refractivity contribution is 0.0233. The van der Waals surface area contributed by atoms with Gasteiger partial charge in [0.15, 0.2) is 5.17 Å². The summed E-state index contributed by atoms with van der Waals surface area (Å²) in [6, 6.07) is 17.5. The number of benzene rings is 2. The Bertz CT molecular complexity index is 819. The summed E-state index contributed by atoms with van der Waals surface area (Å²) in [5.41, 5.74) is 3.69. The molecule has 0 amide bonds. The normalized spacial score (nSPS) is 27.8. The first kappa shape index (κ1) is 13.5. The second-order valence-corrected chi connectivity index (χ2v) is 7.56. The van der Waals surface area contributed by atoms with E-state index < -0.39 is 5.72 Å². The zero-order valence-corrected chi connectivity index (χ0v) is 13.8. The highest BCUT2D eigenvalue weighted by molar-refractivity contribution is 8.13. The Labute approximate surface area is 140 Å². The first-order chi connectivity index (χ1) is 11.2. The first-order valence-electron chi connectivity index (χ1n) is 8.06. The van der Waals surface area contributed by atoms with E-state index >= 15 is 0 Å². The molecule has 0 aliphatic carbocycles. The Morgan fingerprint density at radius 3 is 2.83 bits per heavy atom. The van der Waals surface area contributed by atoms with Crippen LogP contribution in [0.15, 0.2) is 53.5 Å². The van der Waals surface area contributed by atoms with Gasteiger partial charge in [-0.2, -0.15) is 0 Å². The molecule has 0 aromatic heterocycles. The maximum atomic E-state index is 6.23. The number of hydrogen-bond acceptors (Lipinski definition) is 4. The molecular formula is C19H18N2OS. The predicted octanol–water partition coefficient (Wildman–Crippen LogP) is 4.35. The molecule has 3 aliphatic heterocycles. The maximum Gasteiger partial charge on any atom is 0.202 e. The van der Waals surface area contributed by atoms with E-state index in [2.05, 4.69) is 54.3 Å². The largest absolute Gasteiger partial charge is 0.466 e. The number of nitrogens with zero attached hydrogens (tertiary/aromatic N) is 2. The Balaban J connectivity index is 1.65. The summed E-state index contributed by atoms with van der Waals surface area (Å²) in [4.78, 5) is 7.45. The molecule has 1 unspecified atom stereocenters. The van der Waals surface area contributed by atoms with Gasteiger partial charge in [-0.05, 0) is 24.1 Å². The number of ether oxygens (including phenoxy) is 1. The molecule has 5 rings (SSSR count). The average molecular weight is 322 g/mol. The molecule has 3 aliphatic rings. The molecule has 0 spiro atoms. The van der Waals surface area contributed by atoms with E-state index in [4.69, 9.17) is 9.73 Å². The van der Waals surface area contributed by atoms with Gasteiger partial charge in [-0.25, -0.2) is 4.99 Å². The summed E-state index contributed by atoms with van der Waals surface area (Å²) in [6.45, 7) is 3.04. The highest BCUT2D eigenvalue weighted by Gasteiger charge is 2.45. The first-order valence-corrected chi connectivity index (χ1v) is 9.04. The van der Waals surface area contributed by atoms with Crippen LogP contribution in [0.1, 0.15) is 36.1 Å². The highest BCUT2D eigenvalue weighted by Crippen LogP contribution is 2.48. The topological polar surface area (TPSA) is 24.8 Å². The SMILES string of the molecule is CC12C[C@@H](c3ccccc3O1)N1Cc3ccccc3CSC1=N2. The molecule has 0 radical (unpaired) electrons. The maximum absolute atomic E-state index is 6.23. The molecule has 2 aromatic rings. The fraction of sp³-hybridized carbons (Fsp3) is 0.316. The van der Waals surface area contributed by atoms with Gasteiger partial charge >= 0.3 is 0 Å². The number of fused-ring (bicyclic) bond motifs is 7. The second-order valence-electron chi connectivity index (χ2n) is 6.61. The van der Waals surface area contributed by atoms with E-state index in [-0.39, 0.29) is 0 Å². The molecule has 0 saturated carbocycles. The van der Waals surface area contributed by atoms with Crippen LogP contribution in [0.3, 0.4) is 0 Å². The lowest BCUT2D eigenvalue weighted by Gasteiger charge is -2.47. The minimum Gasteiger partial charge on any atom is -0.466 e. The lowest BCUT2D eigenvalue weighted by Crippen LogP contribution is -2.49. The van der Waals surface area contributed by atoms with Gasteiger partial charge in [-0.1, -0.05) is 54.2 Å². The third-order valence-electron chi connectivity index (χ3n) is 4.95. The summed E-state index contributed by atoms with van der Waals surface area (Å²) >= 11 is 1.84. The smallest absolute Gasteiger partial charge is 0.202 e. The zero-order valence-electron chi connectivity index (χ0n) is 13.0. The van der Waals surface area contributed by atoms with Crippen LogP contribution in [0.25, 0.3) is 0 Å². The number of aliphatic imine (C=N–C) groups is 1. The summed E-state index contributed by atoms with van der Waals surface area (Å²) in [6.07, 6.45) is 0.913. The third-order valence-corrected chi connectivity index (χ3v) is 5.99. The summed E-state index contributed by atoms with van der Waals surface area (Å²) in [5.74, 6) is 1.97. The van der Waals surface area contributed by atoms with Crippen LogP contribution in [0, 0.1) is 0 Å². The Morgan fingerprint density at radius 2 is 1.91 bits per heavy atom. The van der Waals surface area contributed by atoms with Gasteiger partial charge in [0.25, 0.3) is 0 Å². The number of rotatable bonds is 0.